The van der Waals surface area contributed by atoms with Crippen molar-refractivity contribution in [1.82, 2.24) is 20.3 Å². The lowest BCUT2D eigenvalue weighted by atomic mass is 10.2. The molecular weight excluding hydrogens is 220 g/mol. The summed E-state index contributed by atoms with van der Waals surface area (Å²) in [5.41, 5.74) is 0.697. The van der Waals surface area contributed by atoms with Crippen LogP contribution in [-0.4, -0.2) is 38.7 Å². The van der Waals surface area contributed by atoms with Crippen LogP contribution in [0.15, 0.2) is 6.20 Å². The van der Waals surface area contributed by atoms with Crippen LogP contribution in [0.5, 0.6) is 0 Å². The monoisotopic (exact) mass is 240 g/mol. The Kier molecular flexibility index (Phi) is 5.62. The summed E-state index contributed by atoms with van der Waals surface area (Å²) in [6.45, 7) is 4.31. The molecule has 0 aliphatic heterocycles. The molecule has 2 N–H and O–H groups in total. The smallest absolute Gasteiger partial charge is 0.242 e. The molecule has 1 rings (SSSR count). The molecule has 0 aliphatic carbocycles. The van der Waals surface area contributed by atoms with E-state index in [1.807, 2.05) is 13.8 Å². The van der Waals surface area contributed by atoms with E-state index in [0.29, 0.717) is 12.1 Å². The van der Waals surface area contributed by atoms with E-state index < -0.39 is 0 Å². The number of amides is 1. The summed E-state index contributed by atoms with van der Waals surface area (Å²) in [6, 6.07) is 0.225. The minimum atomic E-state index is -0.0563. The molecule has 0 saturated carbocycles. The first-order chi connectivity index (χ1) is 8.19. The predicted molar refractivity (Wildman–Crippen MR) is 63.3 cm³/mol. The lowest BCUT2D eigenvalue weighted by Gasteiger charge is -2.14. The zero-order chi connectivity index (χ0) is 12.7. The van der Waals surface area contributed by atoms with Crippen LogP contribution in [0.4, 0.5) is 0 Å². The number of aliphatic hydroxyl groups excluding tert-OH is 1. The third-order valence-corrected chi connectivity index (χ3v) is 2.61. The van der Waals surface area contributed by atoms with E-state index >= 15 is 0 Å². The van der Waals surface area contributed by atoms with Crippen molar-refractivity contribution in [3.63, 3.8) is 0 Å². The van der Waals surface area contributed by atoms with Gasteiger partial charge in [-0.05, 0) is 12.8 Å². The number of hydrogen-bond acceptors (Lipinski definition) is 4. The number of carbonyl (C=O) groups is 1. The maximum Gasteiger partial charge on any atom is 0.242 e. The zero-order valence-corrected chi connectivity index (χ0v) is 10.4. The minimum absolute atomic E-state index is 0.0403. The van der Waals surface area contributed by atoms with Crippen molar-refractivity contribution in [3.05, 3.63) is 11.9 Å². The Labute approximate surface area is 101 Å². The van der Waals surface area contributed by atoms with E-state index in [4.69, 9.17) is 5.11 Å². The molecular formula is C11H20N4O2. The number of aromatic nitrogens is 3. The Morgan fingerprint density at radius 3 is 2.82 bits per heavy atom. The third kappa shape index (κ3) is 4.52. The molecule has 0 fully saturated rings. The fourth-order valence-corrected chi connectivity index (χ4v) is 1.56. The number of aliphatic hydroxyl groups is 1. The topological polar surface area (TPSA) is 80.0 Å². The molecule has 1 heterocycles. The predicted octanol–water partition coefficient (Wildman–Crippen LogP) is 0.118. The molecule has 0 spiro atoms. The van der Waals surface area contributed by atoms with Gasteiger partial charge in [-0.3, -0.25) is 4.79 Å². The van der Waals surface area contributed by atoms with Crippen LogP contribution in [0, 0.1) is 0 Å². The quantitative estimate of drug-likeness (QED) is 0.709. The molecule has 0 radical (unpaired) electrons. The number of rotatable bonds is 7. The lowest BCUT2D eigenvalue weighted by Crippen LogP contribution is -2.36. The average molecular weight is 240 g/mol. The molecule has 1 aromatic rings. The number of carbonyl (C=O) groups excluding carboxylic acids is 1. The van der Waals surface area contributed by atoms with Gasteiger partial charge in [0.15, 0.2) is 0 Å². The second-order valence-electron chi connectivity index (χ2n) is 3.96. The second kappa shape index (κ2) is 7.01. The van der Waals surface area contributed by atoms with Crippen LogP contribution in [-0.2, 0) is 17.8 Å². The normalized spacial score (nSPS) is 10.8. The molecule has 96 valence electrons. The molecule has 0 saturated heterocycles. The van der Waals surface area contributed by atoms with E-state index in [0.717, 1.165) is 12.8 Å². The second-order valence-corrected chi connectivity index (χ2v) is 3.96. The molecule has 0 bridgehead atoms. The van der Waals surface area contributed by atoms with Crippen LogP contribution < -0.4 is 5.32 Å². The van der Waals surface area contributed by atoms with E-state index in [1.54, 1.807) is 6.20 Å². The van der Waals surface area contributed by atoms with Crippen LogP contribution in [0.25, 0.3) is 0 Å². The van der Waals surface area contributed by atoms with E-state index in [9.17, 15) is 4.79 Å². The highest BCUT2D eigenvalue weighted by molar-refractivity contribution is 5.75. The van der Waals surface area contributed by atoms with Crippen molar-refractivity contribution in [1.29, 1.82) is 0 Å². The zero-order valence-electron chi connectivity index (χ0n) is 10.4. The average Bonchev–Trinajstić information content (AvgIpc) is 2.74. The summed E-state index contributed by atoms with van der Waals surface area (Å²) in [5.74, 6) is -0.0563. The molecule has 0 unspecified atom stereocenters. The highest BCUT2D eigenvalue weighted by atomic mass is 16.3. The van der Waals surface area contributed by atoms with Gasteiger partial charge in [0.2, 0.25) is 5.91 Å². The maximum atomic E-state index is 11.7. The minimum Gasteiger partial charge on any atom is -0.396 e. The van der Waals surface area contributed by atoms with Gasteiger partial charge in [0, 0.05) is 25.3 Å². The van der Waals surface area contributed by atoms with Gasteiger partial charge in [-0.1, -0.05) is 19.1 Å². The van der Waals surface area contributed by atoms with Crippen LogP contribution in [0.1, 0.15) is 32.4 Å². The molecule has 0 aromatic carbocycles. The first kappa shape index (κ1) is 13.6. The first-order valence-corrected chi connectivity index (χ1v) is 5.98. The fourth-order valence-electron chi connectivity index (χ4n) is 1.56. The van der Waals surface area contributed by atoms with Gasteiger partial charge >= 0.3 is 0 Å². The van der Waals surface area contributed by atoms with Crippen molar-refractivity contribution >= 4 is 5.91 Å². The van der Waals surface area contributed by atoms with Gasteiger partial charge in [-0.15, -0.1) is 5.10 Å². The molecule has 1 aromatic heterocycles. The fraction of sp³-hybridized carbons (Fsp3) is 0.727. The van der Waals surface area contributed by atoms with Gasteiger partial charge in [0.1, 0.15) is 6.54 Å². The number of nitrogens with one attached hydrogen (secondary N) is 1. The van der Waals surface area contributed by atoms with E-state index in [1.165, 1.54) is 4.68 Å². The van der Waals surface area contributed by atoms with E-state index in [-0.39, 0.29) is 25.1 Å². The Hall–Kier alpha value is -1.43. The summed E-state index contributed by atoms with van der Waals surface area (Å²) in [6.07, 6.45) is 4.00. The molecule has 0 atom stereocenters. The Morgan fingerprint density at radius 1 is 1.53 bits per heavy atom. The van der Waals surface area contributed by atoms with Gasteiger partial charge in [0.05, 0.1) is 5.69 Å². The molecule has 6 nitrogen and oxygen atoms in total. The van der Waals surface area contributed by atoms with Crippen molar-refractivity contribution in [3.8, 4) is 0 Å². The molecule has 6 heteroatoms. The molecule has 0 aliphatic rings. The van der Waals surface area contributed by atoms with Crippen molar-refractivity contribution in [2.45, 2.75) is 45.7 Å². The summed E-state index contributed by atoms with van der Waals surface area (Å²) in [5, 5.41) is 19.3. The Balaban J connectivity index is 2.44. The summed E-state index contributed by atoms with van der Waals surface area (Å²) in [7, 11) is 0. The van der Waals surface area contributed by atoms with Crippen LogP contribution >= 0.6 is 0 Å². The van der Waals surface area contributed by atoms with Crippen molar-refractivity contribution in [2.24, 2.45) is 0 Å². The standard InChI is InChI=1S/C11H20N4O2/c1-3-9(4-2)12-11(17)8-15-7-10(5-6-16)13-14-15/h7,9,16H,3-6,8H2,1-2H3,(H,12,17). The van der Waals surface area contributed by atoms with Crippen LogP contribution in [0.2, 0.25) is 0 Å². The van der Waals surface area contributed by atoms with Crippen molar-refractivity contribution in [2.75, 3.05) is 6.61 Å². The Morgan fingerprint density at radius 2 is 2.24 bits per heavy atom. The summed E-state index contributed by atoms with van der Waals surface area (Å²) < 4.78 is 1.49. The van der Waals surface area contributed by atoms with Crippen LogP contribution in [0.3, 0.4) is 0 Å². The summed E-state index contributed by atoms with van der Waals surface area (Å²) in [4.78, 5) is 11.7. The highest BCUT2D eigenvalue weighted by Crippen LogP contribution is 1.97. The SMILES string of the molecule is CCC(CC)NC(=O)Cn1cc(CCO)nn1. The van der Waals surface area contributed by atoms with Gasteiger partial charge in [-0.2, -0.15) is 0 Å². The number of nitrogens with zero attached hydrogens (tertiary/aromatic N) is 3. The van der Waals surface area contributed by atoms with Gasteiger partial charge in [0.25, 0.3) is 0 Å². The van der Waals surface area contributed by atoms with E-state index in [2.05, 4.69) is 15.6 Å². The first-order valence-electron chi connectivity index (χ1n) is 5.98. The van der Waals surface area contributed by atoms with Gasteiger partial charge in [-0.25, -0.2) is 4.68 Å². The number of hydrogen-bond donors (Lipinski definition) is 2. The Bertz CT molecular complexity index is 347. The largest absolute Gasteiger partial charge is 0.396 e. The van der Waals surface area contributed by atoms with Crippen molar-refractivity contribution < 1.29 is 9.90 Å². The highest BCUT2D eigenvalue weighted by Gasteiger charge is 2.09. The molecule has 17 heavy (non-hydrogen) atoms. The maximum absolute atomic E-state index is 11.7. The summed E-state index contributed by atoms with van der Waals surface area (Å²) >= 11 is 0. The third-order valence-electron chi connectivity index (χ3n) is 2.61. The molecule has 1 amide bonds. The lowest BCUT2D eigenvalue weighted by molar-refractivity contribution is -0.122. The van der Waals surface area contributed by atoms with Gasteiger partial charge < -0.3 is 10.4 Å².